The lowest BCUT2D eigenvalue weighted by atomic mass is 10.1. The van der Waals surface area contributed by atoms with Gasteiger partial charge in [0.15, 0.2) is 11.5 Å². The average molecular weight is 405 g/mol. The fourth-order valence-corrected chi connectivity index (χ4v) is 3.15. The highest BCUT2D eigenvalue weighted by atomic mass is 35.5. The summed E-state index contributed by atoms with van der Waals surface area (Å²) >= 11 is 5.96. The van der Waals surface area contributed by atoms with E-state index in [0.717, 1.165) is 11.1 Å². The quantitative estimate of drug-likeness (QED) is 0.622. The van der Waals surface area contributed by atoms with Crippen molar-refractivity contribution in [3.8, 4) is 5.75 Å². The maximum atomic E-state index is 12.5. The molecular weight excluding hydrogens is 388 g/mol. The third kappa shape index (κ3) is 4.47. The molecule has 6 heteroatoms. The number of carbonyl (C=O) groups is 2. The topological polar surface area (TPSA) is 67.4 Å². The monoisotopic (exact) mass is 404 g/mol. The molecule has 0 aliphatic carbocycles. The van der Waals surface area contributed by atoms with E-state index in [-0.39, 0.29) is 17.6 Å². The van der Waals surface area contributed by atoms with Crippen LogP contribution in [0.15, 0.2) is 78.6 Å². The van der Waals surface area contributed by atoms with Gasteiger partial charge in [-0.2, -0.15) is 0 Å². The molecule has 2 N–H and O–H groups in total. The van der Waals surface area contributed by atoms with Crippen molar-refractivity contribution in [3.63, 3.8) is 0 Å². The van der Waals surface area contributed by atoms with Crippen LogP contribution in [0.3, 0.4) is 0 Å². The number of fused-ring (bicyclic) bond motifs is 1. The molecule has 4 rings (SSSR count). The van der Waals surface area contributed by atoms with Crippen LogP contribution >= 0.6 is 11.6 Å². The Hall–Kier alpha value is -3.57. The lowest BCUT2D eigenvalue weighted by molar-refractivity contribution is -0.115. The van der Waals surface area contributed by atoms with Crippen molar-refractivity contribution in [2.45, 2.75) is 6.54 Å². The van der Waals surface area contributed by atoms with Gasteiger partial charge in [-0.05, 0) is 47.5 Å². The normalized spacial score (nSPS) is 14.0. The van der Waals surface area contributed by atoms with Crippen molar-refractivity contribution in [2.75, 3.05) is 5.32 Å². The van der Waals surface area contributed by atoms with Crippen LogP contribution in [0.25, 0.3) is 6.08 Å². The van der Waals surface area contributed by atoms with E-state index >= 15 is 0 Å². The first-order valence-corrected chi connectivity index (χ1v) is 9.39. The standard InChI is InChI=1S/C23H17ClN2O3/c24-18-8-4-7-16(11-18)14-25-22(27)17-9-10-20-19(13-17)26-23(28)21(29-20)12-15-5-2-1-3-6-15/h1-13H,14H2,(H,25,27)(H,26,28)/b21-12-. The zero-order chi connectivity index (χ0) is 20.2. The van der Waals surface area contributed by atoms with Crippen LogP contribution in [0.2, 0.25) is 5.02 Å². The Balaban J connectivity index is 1.48. The first kappa shape index (κ1) is 18.8. The highest BCUT2D eigenvalue weighted by Gasteiger charge is 2.23. The summed E-state index contributed by atoms with van der Waals surface area (Å²) in [6, 6.07) is 21.6. The number of ether oxygens (including phenoxy) is 1. The summed E-state index contributed by atoms with van der Waals surface area (Å²) in [5, 5.41) is 6.23. The van der Waals surface area contributed by atoms with Crippen molar-refractivity contribution in [3.05, 3.63) is 100 Å². The number of anilines is 1. The molecule has 0 saturated heterocycles. The molecule has 0 fully saturated rings. The SMILES string of the molecule is O=C1Nc2cc(C(=O)NCc3cccc(Cl)c3)ccc2O/C1=C\c1ccccc1. The minimum absolute atomic E-state index is 0.196. The van der Waals surface area contributed by atoms with Crippen LogP contribution in [0.4, 0.5) is 5.69 Å². The van der Waals surface area contributed by atoms with Crippen LogP contribution in [0.5, 0.6) is 5.75 Å². The fraction of sp³-hybridized carbons (Fsp3) is 0.0435. The van der Waals surface area contributed by atoms with E-state index in [9.17, 15) is 9.59 Å². The second kappa shape index (κ2) is 8.20. The average Bonchev–Trinajstić information content (AvgIpc) is 2.73. The van der Waals surface area contributed by atoms with Gasteiger partial charge in [-0.1, -0.05) is 54.1 Å². The summed E-state index contributed by atoms with van der Waals surface area (Å²) in [6.07, 6.45) is 1.67. The number of amides is 2. The Morgan fingerprint density at radius 3 is 2.66 bits per heavy atom. The zero-order valence-corrected chi connectivity index (χ0v) is 16.1. The molecule has 0 spiro atoms. The van der Waals surface area contributed by atoms with E-state index in [1.54, 1.807) is 36.4 Å². The summed E-state index contributed by atoms with van der Waals surface area (Å²) in [7, 11) is 0. The number of hydrogen-bond donors (Lipinski definition) is 2. The Bertz CT molecular complexity index is 1110. The molecule has 5 nitrogen and oxygen atoms in total. The summed E-state index contributed by atoms with van der Waals surface area (Å²) in [5.41, 5.74) is 2.63. The predicted octanol–water partition coefficient (Wildman–Crippen LogP) is 4.64. The van der Waals surface area contributed by atoms with Gasteiger partial charge >= 0.3 is 0 Å². The third-order valence-corrected chi connectivity index (χ3v) is 4.61. The minimum atomic E-state index is -0.363. The van der Waals surface area contributed by atoms with Gasteiger partial charge in [0.25, 0.3) is 11.8 Å². The largest absolute Gasteiger partial charge is 0.449 e. The lowest BCUT2D eigenvalue weighted by Gasteiger charge is -2.20. The van der Waals surface area contributed by atoms with Gasteiger partial charge in [-0.25, -0.2) is 0 Å². The molecule has 0 unspecified atom stereocenters. The molecule has 1 aliphatic rings. The summed E-state index contributed by atoms with van der Waals surface area (Å²) in [5.74, 6) is 0.0607. The molecule has 3 aromatic carbocycles. The van der Waals surface area contributed by atoms with Crippen molar-refractivity contribution < 1.29 is 14.3 Å². The smallest absolute Gasteiger partial charge is 0.291 e. The van der Waals surface area contributed by atoms with Gasteiger partial charge in [0.05, 0.1) is 5.69 Å². The van der Waals surface area contributed by atoms with Crippen molar-refractivity contribution in [2.24, 2.45) is 0 Å². The maximum absolute atomic E-state index is 12.5. The van der Waals surface area contributed by atoms with Crippen molar-refractivity contribution in [1.82, 2.24) is 5.32 Å². The molecule has 144 valence electrons. The Kier molecular flexibility index (Phi) is 5.31. The van der Waals surface area contributed by atoms with E-state index in [1.807, 2.05) is 42.5 Å². The Morgan fingerprint density at radius 2 is 1.86 bits per heavy atom. The number of nitrogens with one attached hydrogen (secondary N) is 2. The molecule has 0 radical (unpaired) electrons. The van der Waals surface area contributed by atoms with Crippen LogP contribution in [-0.2, 0) is 11.3 Å². The van der Waals surface area contributed by atoms with E-state index in [2.05, 4.69) is 10.6 Å². The van der Waals surface area contributed by atoms with Crippen LogP contribution in [0.1, 0.15) is 21.5 Å². The van der Waals surface area contributed by atoms with E-state index in [0.29, 0.717) is 28.6 Å². The van der Waals surface area contributed by atoms with Gasteiger partial charge in [0, 0.05) is 17.1 Å². The molecule has 2 amide bonds. The number of benzene rings is 3. The fourth-order valence-electron chi connectivity index (χ4n) is 2.93. The molecule has 1 aliphatic heterocycles. The summed E-state index contributed by atoms with van der Waals surface area (Å²) < 4.78 is 5.73. The van der Waals surface area contributed by atoms with Crippen molar-refractivity contribution >= 4 is 35.2 Å². The molecule has 0 bridgehead atoms. The second-order valence-corrected chi connectivity index (χ2v) is 6.94. The Labute approximate surface area is 173 Å². The van der Waals surface area contributed by atoms with E-state index < -0.39 is 0 Å². The maximum Gasteiger partial charge on any atom is 0.291 e. The number of rotatable bonds is 4. The van der Waals surface area contributed by atoms with Crippen molar-refractivity contribution in [1.29, 1.82) is 0 Å². The summed E-state index contributed by atoms with van der Waals surface area (Å²) in [4.78, 5) is 24.8. The predicted molar refractivity (Wildman–Crippen MR) is 113 cm³/mol. The van der Waals surface area contributed by atoms with Gasteiger partial charge in [-0.3, -0.25) is 9.59 Å². The number of hydrogen-bond acceptors (Lipinski definition) is 3. The highest BCUT2D eigenvalue weighted by molar-refractivity contribution is 6.30. The summed E-state index contributed by atoms with van der Waals surface area (Å²) in [6.45, 7) is 0.350. The molecular formula is C23H17ClN2O3. The van der Waals surface area contributed by atoms with Gasteiger partial charge in [-0.15, -0.1) is 0 Å². The molecule has 0 saturated carbocycles. The Morgan fingerprint density at radius 1 is 1.03 bits per heavy atom. The first-order chi connectivity index (χ1) is 14.1. The zero-order valence-electron chi connectivity index (χ0n) is 15.3. The molecule has 3 aromatic rings. The molecule has 29 heavy (non-hydrogen) atoms. The highest BCUT2D eigenvalue weighted by Crippen LogP contribution is 2.32. The van der Waals surface area contributed by atoms with Gasteiger partial charge < -0.3 is 15.4 Å². The minimum Gasteiger partial charge on any atom is -0.449 e. The molecule has 1 heterocycles. The number of halogens is 1. The van der Waals surface area contributed by atoms with Crippen LogP contribution in [-0.4, -0.2) is 11.8 Å². The third-order valence-electron chi connectivity index (χ3n) is 4.37. The van der Waals surface area contributed by atoms with Crippen LogP contribution in [0, 0.1) is 0 Å². The lowest BCUT2D eigenvalue weighted by Crippen LogP contribution is -2.25. The number of carbonyl (C=O) groups excluding carboxylic acids is 2. The van der Waals surface area contributed by atoms with Crippen LogP contribution < -0.4 is 15.4 Å². The second-order valence-electron chi connectivity index (χ2n) is 6.50. The van der Waals surface area contributed by atoms with Gasteiger partial charge in [0.1, 0.15) is 0 Å². The molecule has 0 aromatic heterocycles. The van der Waals surface area contributed by atoms with E-state index in [4.69, 9.17) is 16.3 Å². The first-order valence-electron chi connectivity index (χ1n) is 9.01. The van der Waals surface area contributed by atoms with Gasteiger partial charge in [0.2, 0.25) is 0 Å². The van der Waals surface area contributed by atoms with E-state index in [1.165, 1.54) is 0 Å². The molecule has 0 atom stereocenters.